The fourth-order valence-corrected chi connectivity index (χ4v) is 2.32. The molecule has 21 heavy (non-hydrogen) atoms. The summed E-state index contributed by atoms with van der Waals surface area (Å²) in [6.07, 6.45) is 0. The lowest BCUT2D eigenvalue weighted by atomic mass is 10.1. The highest BCUT2D eigenvalue weighted by atomic mass is 19.1. The first-order valence-corrected chi connectivity index (χ1v) is 6.70. The maximum atomic E-state index is 13.9. The minimum atomic E-state index is -0.382. The summed E-state index contributed by atoms with van der Waals surface area (Å²) in [6, 6.07) is 18.0. The van der Waals surface area contributed by atoms with Crippen molar-refractivity contribution in [3.05, 3.63) is 72.0 Å². The van der Waals surface area contributed by atoms with E-state index in [1.807, 2.05) is 42.5 Å². The standard InChI is InChI=1S/C18H14FNO/c1-12(21)14-9-10-16(19)18(11-14)20-17-8-4-6-13-5-2-3-7-15(13)17/h2-11,20H,1H3. The van der Waals surface area contributed by atoms with E-state index in [2.05, 4.69) is 5.32 Å². The van der Waals surface area contributed by atoms with Crippen LogP contribution in [0.15, 0.2) is 60.7 Å². The average Bonchev–Trinajstić information content (AvgIpc) is 2.49. The number of rotatable bonds is 3. The Bertz CT molecular complexity index is 821. The lowest BCUT2D eigenvalue weighted by molar-refractivity contribution is 0.101. The van der Waals surface area contributed by atoms with Gasteiger partial charge in [0.25, 0.3) is 0 Å². The van der Waals surface area contributed by atoms with Crippen LogP contribution in [0.1, 0.15) is 17.3 Å². The number of ketones is 1. The minimum absolute atomic E-state index is 0.0871. The van der Waals surface area contributed by atoms with Crippen molar-refractivity contribution in [2.75, 3.05) is 5.32 Å². The molecule has 0 aliphatic heterocycles. The Kier molecular flexibility index (Phi) is 3.40. The molecule has 1 N–H and O–H groups in total. The average molecular weight is 279 g/mol. The zero-order valence-corrected chi connectivity index (χ0v) is 11.6. The Morgan fingerprint density at radius 3 is 2.52 bits per heavy atom. The lowest BCUT2D eigenvalue weighted by Crippen LogP contribution is -1.98. The number of benzene rings is 3. The van der Waals surface area contributed by atoms with Gasteiger partial charge >= 0.3 is 0 Å². The molecule has 3 heteroatoms. The number of anilines is 2. The highest BCUT2D eigenvalue weighted by Gasteiger charge is 2.08. The van der Waals surface area contributed by atoms with Crippen LogP contribution in [0.25, 0.3) is 10.8 Å². The van der Waals surface area contributed by atoms with Crippen LogP contribution >= 0.6 is 0 Å². The number of carbonyl (C=O) groups is 1. The molecule has 3 aromatic rings. The second-order valence-electron chi connectivity index (χ2n) is 4.90. The quantitative estimate of drug-likeness (QED) is 0.689. The van der Waals surface area contributed by atoms with E-state index in [1.165, 1.54) is 19.1 Å². The van der Waals surface area contributed by atoms with Gasteiger partial charge in [0, 0.05) is 16.6 Å². The smallest absolute Gasteiger partial charge is 0.159 e. The SMILES string of the molecule is CC(=O)c1ccc(F)c(Nc2cccc3ccccc23)c1. The van der Waals surface area contributed by atoms with Crippen molar-refractivity contribution in [3.63, 3.8) is 0 Å². The molecule has 0 aromatic heterocycles. The van der Waals surface area contributed by atoms with Gasteiger partial charge in [-0.25, -0.2) is 4.39 Å². The summed E-state index contributed by atoms with van der Waals surface area (Å²) >= 11 is 0. The van der Waals surface area contributed by atoms with Gasteiger partial charge < -0.3 is 5.32 Å². The van der Waals surface area contributed by atoms with Crippen LogP contribution in [0.4, 0.5) is 15.8 Å². The summed E-state index contributed by atoms with van der Waals surface area (Å²) in [5.41, 5.74) is 1.60. The molecular weight excluding hydrogens is 265 g/mol. The van der Waals surface area contributed by atoms with Crippen molar-refractivity contribution < 1.29 is 9.18 Å². The van der Waals surface area contributed by atoms with Crippen LogP contribution in [-0.4, -0.2) is 5.78 Å². The van der Waals surface area contributed by atoms with E-state index in [-0.39, 0.29) is 11.6 Å². The first-order valence-electron chi connectivity index (χ1n) is 6.70. The summed E-state index contributed by atoms with van der Waals surface area (Å²) in [5, 5.41) is 5.16. The van der Waals surface area contributed by atoms with Crippen molar-refractivity contribution >= 4 is 27.9 Å². The van der Waals surface area contributed by atoms with Crippen LogP contribution < -0.4 is 5.32 Å². The molecule has 3 aromatic carbocycles. The first-order chi connectivity index (χ1) is 10.1. The zero-order chi connectivity index (χ0) is 14.8. The largest absolute Gasteiger partial charge is 0.353 e. The molecule has 0 heterocycles. The van der Waals surface area contributed by atoms with E-state index in [4.69, 9.17) is 0 Å². The molecule has 0 unspecified atom stereocenters. The van der Waals surface area contributed by atoms with Gasteiger partial charge in [0.1, 0.15) is 5.82 Å². The summed E-state index contributed by atoms with van der Waals surface area (Å²) in [7, 11) is 0. The molecular formula is C18H14FNO. The highest BCUT2D eigenvalue weighted by molar-refractivity contribution is 5.97. The van der Waals surface area contributed by atoms with E-state index in [1.54, 1.807) is 6.07 Å². The summed E-state index contributed by atoms with van der Waals surface area (Å²) in [6.45, 7) is 1.47. The first kappa shape index (κ1) is 13.3. The predicted molar refractivity (Wildman–Crippen MR) is 83.6 cm³/mol. The molecule has 2 nitrogen and oxygen atoms in total. The minimum Gasteiger partial charge on any atom is -0.353 e. The van der Waals surface area contributed by atoms with Crippen LogP contribution in [0.2, 0.25) is 0 Å². The van der Waals surface area contributed by atoms with Gasteiger partial charge in [0.15, 0.2) is 5.78 Å². The Labute approximate surface area is 122 Å². The Balaban J connectivity index is 2.06. The fraction of sp³-hybridized carbons (Fsp3) is 0.0556. The summed E-state index contributed by atoms with van der Waals surface area (Å²) < 4.78 is 13.9. The lowest BCUT2D eigenvalue weighted by Gasteiger charge is -2.11. The summed E-state index contributed by atoms with van der Waals surface area (Å²) in [5.74, 6) is -0.469. The van der Waals surface area contributed by atoms with Crippen LogP contribution in [-0.2, 0) is 0 Å². The fourth-order valence-electron chi connectivity index (χ4n) is 2.32. The zero-order valence-electron chi connectivity index (χ0n) is 11.6. The molecule has 104 valence electrons. The van der Waals surface area contributed by atoms with Crippen LogP contribution in [0, 0.1) is 5.82 Å². The number of nitrogens with one attached hydrogen (secondary N) is 1. The van der Waals surface area contributed by atoms with E-state index >= 15 is 0 Å². The second-order valence-corrected chi connectivity index (χ2v) is 4.90. The monoisotopic (exact) mass is 279 g/mol. The van der Waals surface area contributed by atoms with Crippen molar-refractivity contribution in [2.45, 2.75) is 6.92 Å². The number of hydrogen-bond donors (Lipinski definition) is 1. The molecule has 0 aliphatic carbocycles. The van der Waals surface area contributed by atoms with E-state index in [0.29, 0.717) is 11.3 Å². The van der Waals surface area contributed by atoms with Crippen molar-refractivity contribution in [1.29, 1.82) is 0 Å². The maximum Gasteiger partial charge on any atom is 0.159 e. The number of Topliss-reactive ketones (excluding diaryl/α,β-unsaturated/α-hetero) is 1. The van der Waals surface area contributed by atoms with Crippen molar-refractivity contribution in [1.82, 2.24) is 0 Å². The van der Waals surface area contributed by atoms with Crippen molar-refractivity contribution in [2.24, 2.45) is 0 Å². The molecule has 0 amide bonds. The second kappa shape index (κ2) is 5.37. The van der Waals surface area contributed by atoms with Gasteiger partial charge in [0.05, 0.1) is 5.69 Å². The Morgan fingerprint density at radius 2 is 1.71 bits per heavy atom. The third-order valence-corrected chi connectivity index (χ3v) is 3.43. The molecule has 0 saturated carbocycles. The predicted octanol–water partition coefficient (Wildman–Crippen LogP) is 4.93. The van der Waals surface area contributed by atoms with Gasteiger partial charge in [-0.15, -0.1) is 0 Å². The maximum absolute atomic E-state index is 13.9. The number of carbonyl (C=O) groups excluding carboxylic acids is 1. The van der Waals surface area contributed by atoms with Crippen LogP contribution in [0.3, 0.4) is 0 Å². The molecule has 0 bridgehead atoms. The van der Waals surface area contributed by atoms with Gasteiger partial charge in [-0.05, 0) is 36.6 Å². The summed E-state index contributed by atoms with van der Waals surface area (Å²) in [4.78, 5) is 11.4. The van der Waals surface area contributed by atoms with Gasteiger partial charge in [-0.3, -0.25) is 4.79 Å². The van der Waals surface area contributed by atoms with Crippen LogP contribution in [0.5, 0.6) is 0 Å². The molecule has 0 spiro atoms. The third kappa shape index (κ3) is 2.63. The highest BCUT2D eigenvalue weighted by Crippen LogP contribution is 2.28. The Hall–Kier alpha value is -2.68. The molecule has 0 aliphatic rings. The molecule has 0 fully saturated rings. The van der Waals surface area contributed by atoms with E-state index in [0.717, 1.165) is 16.5 Å². The van der Waals surface area contributed by atoms with E-state index < -0.39 is 0 Å². The van der Waals surface area contributed by atoms with Crippen molar-refractivity contribution in [3.8, 4) is 0 Å². The third-order valence-electron chi connectivity index (χ3n) is 3.43. The number of halogens is 1. The molecule has 0 atom stereocenters. The normalized spacial score (nSPS) is 10.6. The molecule has 3 rings (SSSR count). The Morgan fingerprint density at radius 1 is 0.952 bits per heavy atom. The van der Waals surface area contributed by atoms with Gasteiger partial charge in [0.2, 0.25) is 0 Å². The number of hydrogen-bond acceptors (Lipinski definition) is 2. The van der Waals surface area contributed by atoms with E-state index in [9.17, 15) is 9.18 Å². The van der Waals surface area contributed by atoms with Gasteiger partial charge in [-0.1, -0.05) is 36.4 Å². The number of fused-ring (bicyclic) bond motifs is 1. The topological polar surface area (TPSA) is 29.1 Å². The molecule has 0 radical (unpaired) electrons. The van der Waals surface area contributed by atoms with Gasteiger partial charge in [-0.2, -0.15) is 0 Å². The molecule has 0 saturated heterocycles.